The second kappa shape index (κ2) is 3.94. The molecule has 2 heterocycles. The molecule has 0 aromatic carbocycles. The Morgan fingerprint density at radius 1 is 1.47 bits per heavy atom. The minimum Gasteiger partial charge on any atom is -0.390 e. The standard InChI is InChI=1S/C10H14ClN3O/c1-10(15)3-6-14(7-4-10)8-2-5-12-9(11)13-8/h2,5,15H,3-4,6-7H2,1H3. The molecular weight excluding hydrogens is 214 g/mol. The van der Waals surface area contributed by atoms with E-state index < -0.39 is 5.60 Å². The molecule has 0 amide bonds. The number of hydrogen-bond donors (Lipinski definition) is 1. The predicted molar refractivity (Wildman–Crippen MR) is 59.1 cm³/mol. The van der Waals surface area contributed by atoms with Crippen molar-refractivity contribution in [1.82, 2.24) is 9.97 Å². The molecular formula is C10H14ClN3O. The van der Waals surface area contributed by atoms with Crippen LogP contribution in [0.4, 0.5) is 5.82 Å². The molecule has 2 rings (SSSR count). The first kappa shape index (κ1) is 10.6. The maximum Gasteiger partial charge on any atom is 0.224 e. The van der Waals surface area contributed by atoms with Gasteiger partial charge in [0.25, 0.3) is 0 Å². The van der Waals surface area contributed by atoms with Gasteiger partial charge in [0.05, 0.1) is 5.60 Å². The minimum atomic E-state index is -0.534. The van der Waals surface area contributed by atoms with Crippen molar-refractivity contribution in [2.75, 3.05) is 18.0 Å². The summed E-state index contributed by atoms with van der Waals surface area (Å²) in [7, 11) is 0. The molecule has 82 valence electrons. The molecule has 1 aliphatic rings. The summed E-state index contributed by atoms with van der Waals surface area (Å²) >= 11 is 5.72. The molecule has 4 nitrogen and oxygen atoms in total. The number of hydrogen-bond acceptors (Lipinski definition) is 4. The summed E-state index contributed by atoms with van der Waals surface area (Å²) in [6.07, 6.45) is 3.17. The van der Waals surface area contributed by atoms with Gasteiger partial charge in [0.2, 0.25) is 5.28 Å². The molecule has 0 spiro atoms. The van der Waals surface area contributed by atoms with E-state index in [0.717, 1.165) is 31.7 Å². The van der Waals surface area contributed by atoms with E-state index in [1.54, 1.807) is 6.20 Å². The van der Waals surface area contributed by atoms with E-state index >= 15 is 0 Å². The fourth-order valence-electron chi connectivity index (χ4n) is 1.72. The number of piperidine rings is 1. The summed E-state index contributed by atoms with van der Waals surface area (Å²) in [4.78, 5) is 10.1. The average Bonchev–Trinajstić information content (AvgIpc) is 2.17. The first-order chi connectivity index (χ1) is 7.07. The summed E-state index contributed by atoms with van der Waals surface area (Å²) in [6.45, 7) is 3.48. The lowest BCUT2D eigenvalue weighted by Crippen LogP contribution is -2.42. The molecule has 1 aromatic heterocycles. The van der Waals surface area contributed by atoms with Crippen molar-refractivity contribution in [1.29, 1.82) is 0 Å². The molecule has 1 aromatic rings. The molecule has 1 N–H and O–H groups in total. The zero-order valence-corrected chi connectivity index (χ0v) is 9.41. The molecule has 5 heteroatoms. The summed E-state index contributed by atoms with van der Waals surface area (Å²) in [5.41, 5.74) is -0.534. The van der Waals surface area contributed by atoms with Crippen LogP contribution in [0.3, 0.4) is 0 Å². The lowest BCUT2D eigenvalue weighted by atomic mass is 9.94. The molecule has 0 unspecified atom stereocenters. The van der Waals surface area contributed by atoms with Gasteiger partial charge in [0.1, 0.15) is 5.82 Å². The molecule has 1 saturated heterocycles. The van der Waals surface area contributed by atoms with Crippen LogP contribution < -0.4 is 4.90 Å². The summed E-state index contributed by atoms with van der Waals surface area (Å²) < 4.78 is 0. The van der Waals surface area contributed by atoms with Crippen LogP contribution in [0.1, 0.15) is 19.8 Å². The van der Waals surface area contributed by atoms with E-state index in [0.29, 0.717) is 0 Å². The highest BCUT2D eigenvalue weighted by Crippen LogP contribution is 2.24. The summed E-state index contributed by atoms with van der Waals surface area (Å²) in [5, 5.41) is 10.1. The molecule has 0 saturated carbocycles. The number of aromatic nitrogens is 2. The Labute approximate surface area is 93.9 Å². The van der Waals surface area contributed by atoms with Gasteiger partial charge in [-0.3, -0.25) is 0 Å². The number of anilines is 1. The van der Waals surface area contributed by atoms with Gasteiger partial charge in [0.15, 0.2) is 0 Å². The number of halogens is 1. The SMILES string of the molecule is CC1(O)CCN(c2ccnc(Cl)n2)CC1. The summed E-state index contributed by atoms with van der Waals surface area (Å²) in [5.74, 6) is 0.838. The smallest absolute Gasteiger partial charge is 0.224 e. The van der Waals surface area contributed by atoms with Gasteiger partial charge in [-0.25, -0.2) is 9.97 Å². The second-order valence-electron chi connectivity index (χ2n) is 4.17. The highest BCUT2D eigenvalue weighted by atomic mass is 35.5. The third-order valence-corrected chi connectivity index (χ3v) is 2.96. The molecule has 0 atom stereocenters. The van der Waals surface area contributed by atoms with Gasteiger partial charge in [-0.15, -0.1) is 0 Å². The molecule has 0 aliphatic carbocycles. The Bertz CT molecular complexity index is 346. The van der Waals surface area contributed by atoms with E-state index in [4.69, 9.17) is 11.6 Å². The minimum absolute atomic E-state index is 0.268. The topological polar surface area (TPSA) is 49.2 Å². The van der Waals surface area contributed by atoms with Crippen molar-refractivity contribution in [3.63, 3.8) is 0 Å². The van der Waals surface area contributed by atoms with Crippen LogP contribution in [0.15, 0.2) is 12.3 Å². The quantitative estimate of drug-likeness (QED) is 0.739. The zero-order chi connectivity index (χ0) is 10.9. The first-order valence-electron chi connectivity index (χ1n) is 5.03. The van der Waals surface area contributed by atoms with Gasteiger partial charge in [-0.05, 0) is 37.4 Å². The molecule has 0 radical (unpaired) electrons. The van der Waals surface area contributed by atoms with Gasteiger partial charge >= 0.3 is 0 Å². The van der Waals surface area contributed by atoms with Crippen LogP contribution >= 0.6 is 11.6 Å². The van der Waals surface area contributed by atoms with Crippen molar-refractivity contribution < 1.29 is 5.11 Å². The lowest BCUT2D eigenvalue weighted by molar-refractivity contribution is 0.0350. The van der Waals surface area contributed by atoms with Crippen molar-refractivity contribution in [2.24, 2.45) is 0 Å². The molecule has 1 fully saturated rings. The van der Waals surface area contributed by atoms with Crippen molar-refractivity contribution in [3.05, 3.63) is 17.5 Å². The largest absolute Gasteiger partial charge is 0.390 e. The van der Waals surface area contributed by atoms with Crippen molar-refractivity contribution >= 4 is 17.4 Å². The fraction of sp³-hybridized carbons (Fsp3) is 0.600. The van der Waals surface area contributed by atoms with E-state index in [2.05, 4.69) is 14.9 Å². The zero-order valence-electron chi connectivity index (χ0n) is 8.65. The van der Waals surface area contributed by atoms with Crippen LogP contribution in [0, 0.1) is 0 Å². The Kier molecular flexibility index (Phi) is 2.80. The van der Waals surface area contributed by atoms with Gasteiger partial charge in [-0.2, -0.15) is 0 Å². The van der Waals surface area contributed by atoms with Crippen LogP contribution in [-0.2, 0) is 0 Å². The highest BCUT2D eigenvalue weighted by molar-refractivity contribution is 6.28. The number of nitrogens with zero attached hydrogens (tertiary/aromatic N) is 3. The fourth-order valence-corrected chi connectivity index (χ4v) is 1.86. The lowest BCUT2D eigenvalue weighted by Gasteiger charge is -2.36. The average molecular weight is 228 g/mol. The molecule has 15 heavy (non-hydrogen) atoms. The first-order valence-corrected chi connectivity index (χ1v) is 5.40. The van der Waals surface area contributed by atoms with E-state index in [1.807, 2.05) is 13.0 Å². The van der Waals surface area contributed by atoms with Gasteiger partial charge in [0, 0.05) is 19.3 Å². The van der Waals surface area contributed by atoms with Crippen molar-refractivity contribution in [3.8, 4) is 0 Å². The second-order valence-corrected chi connectivity index (χ2v) is 4.51. The van der Waals surface area contributed by atoms with E-state index in [9.17, 15) is 5.11 Å². The molecule has 0 bridgehead atoms. The Morgan fingerprint density at radius 2 is 2.13 bits per heavy atom. The predicted octanol–water partition coefficient (Wildman–Crippen LogP) is 1.48. The maximum atomic E-state index is 9.81. The monoisotopic (exact) mass is 227 g/mol. The van der Waals surface area contributed by atoms with Crippen LogP contribution in [0.25, 0.3) is 0 Å². The van der Waals surface area contributed by atoms with Crippen LogP contribution in [-0.4, -0.2) is 33.8 Å². The van der Waals surface area contributed by atoms with Gasteiger partial charge in [-0.1, -0.05) is 0 Å². The Hall–Kier alpha value is -0.870. The Balaban J connectivity index is 2.08. The van der Waals surface area contributed by atoms with Crippen LogP contribution in [0.2, 0.25) is 5.28 Å². The maximum absolute atomic E-state index is 9.81. The normalized spacial score (nSPS) is 20.3. The highest BCUT2D eigenvalue weighted by Gasteiger charge is 2.27. The van der Waals surface area contributed by atoms with Crippen molar-refractivity contribution in [2.45, 2.75) is 25.4 Å². The number of aliphatic hydroxyl groups is 1. The van der Waals surface area contributed by atoms with E-state index in [-0.39, 0.29) is 5.28 Å². The van der Waals surface area contributed by atoms with Crippen LogP contribution in [0.5, 0.6) is 0 Å². The van der Waals surface area contributed by atoms with E-state index in [1.165, 1.54) is 0 Å². The Morgan fingerprint density at radius 3 is 2.73 bits per heavy atom. The third-order valence-electron chi connectivity index (χ3n) is 2.78. The third kappa shape index (κ3) is 2.58. The molecule has 1 aliphatic heterocycles. The summed E-state index contributed by atoms with van der Waals surface area (Å²) in [6, 6.07) is 1.84. The van der Waals surface area contributed by atoms with Gasteiger partial charge < -0.3 is 10.0 Å². The number of rotatable bonds is 1.